The highest BCUT2D eigenvalue weighted by Gasteiger charge is 2.36. The summed E-state index contributed by atoms with van der Waals surface area (Å²) in [6.45, 7) is 1.15. The Labute approximate surface area is 107 Å². The molecule has 2 aliphatic rings. The van der Waals surface area contributed by atoms with E-state index in [4.69, 9.17) is 19.9 Å². The second kappa shape index (κ2) is 4.35. The van der Waals surface area contributed by atoms with Gasteiger partial charge in [-0.3, -0.25) is 0 Å². The molecule has 0 bridgehead atoms. The Morgan fingerprint density at radius 1 is 1.17 bits per heavy atom. The third-order valence-corrected chi connectivity index (χ3v) is 3.90. The second-order valence-electron chi connectivity index (χ2n) is 5.03. The normalized spacial score (nSPS) is 20.8. The fourth-order valence-corrected chi connectivity index (χ4v) is 2.96. The fourth-order valence-electron chi connectivity index (χ4n) is 2.96. The lowest BCUT2D eigenvalue weighted by Gasteiger charge is -2.29. The van der Waals surface area contributed by atoms with Crippen LogP contribution in [-0.4, -0.2) is 20.3 Å². The summed E-state index contributed by atoms with van der Waals surface area (Å²) in [6, 6.07) is 3.97. The van der Waals surface area contributed by atoms with Gasteiger partial charge in [-0.15, -0.1) is 0 Å². The van der Waals surface area contributed by atoms with Crippen molar-refractivity contribution in [1.29, 1.82) is 0 Å². The van der Waals surface area contributed by atoms with E-state index in [0.717, 1.165) is 29.9 Å². The van der Waals surface area contributed by atoms with E-state index in [0.29, 0.717) is 19.0 Å². The van der Waals surface area contributed by atoms with Crippen LogP contribution in [0.15, 0.2) is 12.1 Å². The number of ether oxygens (including phenoxy) is 3. The number of hydrogen-bond acceptors (Lipinski definition) is 4. The maximum atomic E-state index is 6.51. The number of rotatable bonds is 2. The Morgan fingerprint density at radius 3 is 2.61 bits per heavy atom. The summed E-state index contributed by atoms with van der Waals surface area (Å²) in [7, 11) is 1.66. The first-order valence-corrected chi connectivity index (χ1v) is 6.50. The van der Waals surface area contributed by atoms with Crippen molar-refractivity contribution >= 4 is 0 Å². The molecule has 1 heterocycles. The molecule has 1 aliphatic carbocycles. The largest absolute Gasteiger partial charge is 0.492 e. The lowest BCUT2D eigenvalue weighted by molar-refractivity contribution is 0.164. The first-order chi connectivity index (χ1) is 8.74. The van der Waals surface area contributed by atoms with Crippen LogP contribution in [0.3, 0.4) is 0 Å². The van der Waals surface area contributed by atoms with Gasteiger partial charge < -0.3 is 19.9 Å². The Kier molecular flexibility index (Phi) is 2.82. The van der Waals surface area contributed by atoms with Gasteiger partial charge in [0.1, 0.15) is 13.2 Å². The summed E-state index contributed by atoms with van der Waals surface area (Å²) in [6.07, 6.45) is 4.36. The molecule has 1 aromatic rings. The Hall–Kier alpha value is -1.42. The van der Waals surface area contributed by atoms with Gasteiger partial charge in [-0.2, -0.15) is 0 Å². The van der Waals surface area contributed by atoms with E-state index >= 15 is 0 Å². The van der Waals surface area contributed by atoms with Gasteiger partial charge in [0.25, 0.3) is 0 Å². The van der Waals surface area contributed by atoms with E-state index in [9.17, 15) is 0 Å². The first-order valence-electron chi connectivity index (χ1n) is 6.50. The molecule has 2 N–H and O–H groups in total. The van der Waals surface area contributed by atoms with Crippen LogP contribution in [0.2, 0.25) is 0 Å². The number of methoxy groups -OCH3 is 1. The van der Waals surface area contributed by atoms with E-state index in [2.05, 4.69) is 0 Å². The van der Waals surface area contributed by atoms with Gasteiger partial charge in [0.05, 0.1) is 7.11 Å². The van der Waals surface area contributed by atoms with Crippen molar-refractivity contribution in [3.05, 3.63) is 17.7 Å². The monoisotopic (exact) mass is 249 g/mol. The van der Waals surface area contributed by atoms with Gasteiger partial charge in [0.15, 0.2) is 11.5 Å². The molecule has 98 valence electrons. The first kappa shape index (κ1) is 11.7. The number of fused-ring (bicyclic) bond motifs is 1. The predicted molar refractivity (Wildman–Crippen MR) is 68.3 cm³/mol. The van der Waals surface area contributed by atoms with Crippen LogP contribution in [0.25, 0.3) is 0 Å². The zero-order valence-corrected chi connectivity index (χ0v) is 10.7. The molecule has 3 rings (SSSR count). The average Bonchev–Trinajstić information content (AvgIpc) is 2.85. The molecule has 0 spiro atoms. The number of nitrogens with two attached hydrogens (primary N) is 1. The van der Waals surface area contributed by atoms with Crippen LogP contribution >= 0.6 is 0 Å². The highest BCUT2D eigenvalue weighted by molar-refractivity contribution is 5.58. The summed E-state index contributed by atoms with van der Waals surface area (Å²) >= 11 is 0. The van der Waals surface area contributed by atoms with Crippen LogP contribution < -0.4 is 19.9 Å². The van der Waals surface area contributed by atoms with E-state index in [1.165, 1.54) is 12.8 Å². The van der Waals surface area contributed by atoms with Crippen molar-refractivity contribution in [1.82, 2.24) is 0 Å². The SMILES string of the molecule is COc1c(C2(N)CCCC2)ccc2c1OCCO2. The average molecular weight is 249 g/mol. The molecule has 0 amide bonds. The van der Waals surface area contributed by atoms with Crippen molar-refractivity contribution < 1.29 is 14.2 Å². The summed E-state index contributed by atoms with van der Waals surface area (Å²) in [5.74, 6) is 2.21. The summed E-state index contributed by atoms with van der Waals surface area (Å²) in [5.41, 5.74) is 7.28. The summed E-state index contributed by atoms with van der Waals surface area (Å²) in [5, 5.41) is 0. The molecule has 0 aromatic heterocycles. The van der Waals surface area contributed by atoms with Crippen LogP contribution in [0.4, 0.5) is 0 Å². The second-order valence-corrected chi connectivity index (χ2v) is 5.03. The van der Waals surface area contributed by atoms with Gasteiger partial charge in [0, 0.05) is 11.1 Å². The molecule has 1 fully saturated rings. The molecule has 4 heteroatoms. The molecular formula is C14H19NO3. The Bertz CT molecular complexity index is 453. The van der Waals surface area contributed by atoms with Crippen molar-refractivity contribution in [3.8, 4) is 17.2 Å². The molecule has 0 atom stereocenters. The minimum atomic E-state index is -0.277. The van der Waals surface area contributed by atoms with Crippen LogP contribution in [0, 0.1) is 0 Å². The summed E-state index contributed by atoms with van der Waals surface area (Å²) in [4.78, 5) is 0. The summed E-state index contributed by atoms with van der Waals surface area (Å²) < 4.78 is 16.8. The molecule has 1 aliphatic heterocycles. The van der Waals surface area contributed by atoms with Gasteiger partial charge in [-0.25, -0.2) is 0 Å². The number of benzene rings is 1. The molecule has 0 radical (unpaired) electrons. The topological polar surface area (TPSA) is 53.7 Å². The maximum Gasteiger partial charge on any atom is 0.204 e. The van der Waals surface area contributed by atoms with Crippen molar-refractivity contribution in [2.75, 3.05) is 20.3 Å². The van der Waals surface area contributed by atoms with Gasteiger partial charge in [0.2, 0.25) is 5.75 Å². The van der Waals surface area contributed by atoms with Gasteiger partial charge >= 0.3 is 0 Å². The molecule has 4 nitrogen and oxygen atoms in total. The molecule has 0 unspecified atom stereocenters. The smallest absolute Gasteiger partial charge is 0.204 e. The highest BCUT2D eigenvalue weighted by Crippen LogP contribution is 2.48. The molecule has 0 saturated heterocycles. The van der Waals surface area contributed by atoms with Crippen molar-refractivity contribution in [2.45, 2.75) is 31.2 Å². The van der Waals surface area contributed by atoms with Crippen molar-refractivity contribution in [2.24, 2.45) is 5.73 Å². The zero-order valence-electron chi connectivity index (χ0n) is 10.7. The zero-order chi connectivity index (χ0) is 12.6. The Balaban J connectivity index is 2.09. The highest BCUT2D eigenvalue weighted by atomic mass is 16.6. The van der Waals surface area contributed by atoms with E-state index in [1.807, 2.05) is 12.1 Å². The lowest BCUT2D eigenvalue weighted by atomic mass is 9.88. The van der Waals surface area contributed by atoms with Crippen LogP contribution in [0.1, 0.15) is 31.2 Å². The number of hydrogen-bond donors (Lipinski definition) is 1. The third-order valence-electron chi connectivity index (χ3n) is 3.90. The van der Waals surface area contributed by atoms with Crippen LogP contribution in [-0.2, 0) is 5.54 Å². The standard InChI is InChI=1S/C14H19NO3/c1-16-12-10(14(15)6-2-3-7-14)4-5-11-13(12)18-9-8-17-11/h4-5H,2-3,6-9,15H2,1H3. The van der Waals surface area contributed by atoms with E-state index in [-0.39, 0.29) is 5.54 Å². The van der Waals surface area contributed by atoms with E-state index in [1.54, 1.807) is 7.11 Å². The predicted octanol–water partition coefficient (Wildman–Crippen LogP) is 2.19. The molecular weight excluding hydrogens is 230 g/mol. The third kappa shape index (κ3) is 1.72. The van der Waals surface area contributed by atoms with Crippen LogP contribution in [0.5, 0.6) is 17.2 Å². The molecule has 18 heavy (non-hydrogen) atoms. The van der Waals surface area contributed by atoms with Gasteiger partial charge in [-0.1, -0.05) is 12.8 Å². The van der Waals surface area contributed by atoms with Gasteiger partial charge in [-0.05, 0) is 25.0 Å². The molecule has 1 saturated carbocycles. The quantitative estimate of drug-likeness (QED) is 0.873. The fraction of sp³-hybridized carbons (Fsp3) is 0.571. The Morgan fingerprint density at radius 2 is 1.89 bits per heavy atom. The van der Waals surface area contributed by atoms with Crippen molar-refractivity contribution in [3.63, 3.8) is 0 Å². The minimum absolute atomic E-state index is 0.277. The molecule has 1 aromatic carbocycles. The van der Waals surface area contributed by atoms with E-state index < -0.39 is 0 Å². The minimum Gasteiger partial charge on any atom is -0.492 e. The maximum absolute atomic E-state index is 6.51. The lowest BCUT2D eigenvalue weighted by Crippen LogP contribution is -2.33.